The molecule has 30 heavy (non-hydrogen) atoms. The van der Waals surface area contributed by atoms with E-state index < -0.39 is 5.95 Å². The maximum atomic E-state index is 13.5. The van der Waals surface area contributed by atoms with Gasteiger partial charge in [0.25, 0.3) is 5.91 Å². The Morgan fingerprint density at radius 3 is 2.70 bits per heavy atom. The number of hydrogen-bond acceptors (Lipinski definition) is 5. The summed E-state index contributed by atoms with van der Waals surface area (Å²) in [6.07, 6.45) is 1.62. The van der Waals surface area contributed by atoms with E-state index in [-0.39, 0.29) is 22.9 Å². The average molecular weight is 409 g/mol. The van der Waals surface area contributed by atoms with Gasteiger partial charge in [0.1, 0.15) is 17.0 Å². The molecule has 1 fully saturated rings. The molecular weight excluding hydrogens is 385 g/mol. The quantitative estimate of drug-likeness (QED) is 0.622. The second-order valence-electron chi connectivity index (χ2n) is 7.59. The first-order chi connectivity index (χ1) is 14.4. The zero-order valence-electron chi connectivity index (χ0n) is 17.3. The zero-order chi connectivity index (χ0) is 21.4. The summed E-state index contributed by atoms with van der Waals surface area (Å²) in [6.45, 7) is 7.75. The molecule has 4 rings (SSSR count). The molecule has 1 amide bonds. The van der Waals surface area contributed by atoms with E-state index in [2.05, 4.69) is 9.97 Å². The molecule has 3 aromatic rings. The van der Waals surface area contributed by atoms with Crippen LogP contribution in [-0.2, 0) is 6.54 Å². The Morgan fingerprint density at radius 1 is 1.20 bits per heavy atom. The van der Waals surface area contributed by atoms with E-state index in [4.69, 9.17) is 0 Å². The van der Waals surface area contributed by atoms with Crippen LogP contribution in [0.3, 0.4) is 0 Å². The fourth-order valence-electron chi connectivity index (χ4n) is 3.96. The van der Waals surface area contributed by atoms with Crippen molar-refractivity contribution in [2.24, 2.45) is 0 Å². The third kappa shape index (κ3) is 3.53. The van der Waals surface area contributed by atoms with Crippen molar-refractivity contribution in [3.8, 4) is 0 Å². The van der Waals surface area contributed by atoms with Crippen molar-refractivity contribution >= 4 is 22.8 Å². The molecule has 1 aliphatic rings. The van der Waals surface area contributed by atoms with Gasteiger partial charge in [-0.25, -0.2) is 9.97 Å². The van der Waals surface area contributed by atoms with Gasteiger partial charge in [0.2, 0.25) is 11.4 Å². The van der Waals surface area contributed by atoms with Gasteiger partial charge in [0.15, 0.2) is 0 Å². The maximum Gasteiger partial charge on any atom is 0.259 e. The van der Waals surface area contributed by atoms with Gasteiger partial charge in [-0.05, 0) is 45.0 Å². The molecule has 1 saturated heterocycles. The highest BCUT2D eigenvalue weighted by molar-refractivity contribution is 5.97. The van der Waals surface area contributed by atoms with Gasteiger partial charge < -0.3 is 14.4 Å². The molecule has 0 N–H and O–H groups in total. The highest BCUT2D eigenvalue weighted by Gasteiger charge is 2.30. The minimum atomic E-state index is -0.529. The third-order valence-corrected chi connectivity index (χ3v) is 5.54. The lowest BCUT2D eigenvalue weighted by Crippen LogP contribution is -2.54. The highest BCUT2D eigenvalue weighted by atomic mass is 19.1. The molecule has 1 unspecified atom stereocenters. The minimum Gasteiger partial charge on any atom is -0.350 e. The number of amides is 1. The predicted molar refractivity (Wildman–Crippen MR) is 113 cm³/mol. The number of rotatable bonds is 3. The van der Waals surface area contributed by atoms with Crippen molar-refractivity contribution < 1.29 is 9.18 Å². The molecular formula is C22H24FN5O2. The lowest BCUT2D eigenvalue weighted by atomic mass is 10.1. The van der Waals surface area contributed by atoms with Crippen molar-refractivity contribution in [2.45, 2.75) is 33.4 Å². The monoisotopic (exact) mass is 409 g/mol. The lowest BCUT2D eigenvalue weighted by molar-refractivity contribution is 0.0724. The van der Waals surface area contributed by atoms with Gasteiger partial charge in [0.05, 0.1) is 5.39 Å². The molecule has 0 spiro atoms. The first-order valence-electron chi connectivity index (χ1n) is 10.1. The smallest absolute Gasteiger partial charge is 0.259 e. The Bertz CT molecular complexity index is 1180. The van der Waals surface area contributed by atoms with Crippen molar-refractivity contribution in [2.75, 3.05) is 24.5 Å². The summed E-state index contributed by atoms with van der Waals surface area (Å²) in [5, 5.41) is 0.448. The molecule has 4 heterocycles. The Morgan fingerprint density at radius 2 is 2.00 bits per heavy atom. The fourth-order valence-corrected chi connectivity index (χ4v) is 3.96. The van der Waals surface area contributed by atoms with Gasteiger partial charge in [-0.3, -0.25) is 9.59 Å². The molecule has 0 bridgehead atoms. The number of fused-ring (bicyclic) bond motifs is 1. The van der Waals surface area contributed by atoms with E-state index in [1.807, 2.05) is 30.2 Å². The SMILES string of the molecule is CCn1cc(C(=O)N2CCN(c3cccc(F)n3)C(C)C2)c(=O)c2ccc(C)nc21. The van der Waals surface area contributed by atoms with Crippen LogP contribution < -0.4 is 10.3 Å². The number of piperazine rings is 1. The van der Waals surface area contributed by atoms with Crippen molar-refractivity contribution in [1.29, 1.82) is 0 Å². The summed E-state index contributed by atoms with van der Waals surface area (Å²) in [4.78, 5) is 38.4. The van der Waals surface area contributed by atoms with Crippen molar-refractivity contribution in [3.05, 3.63) is 64.0 Å². The predicted octanol–water partition coefficient (Wildman–Crippen LogP) is 2.61. The number of hydrogen-bond donors (Lipinski definition) is 0. The highest BCUT2D eigenvalue weighted by Crippen LogP contribution is 2.20. The van der Waals surface area contributed by atoms with E-state index in [0.29, 0.717) is 43.0 Å². The van der Waals surface area contributed by atoms with E-state index in [9.17, 15) is 14.0 Å². The average Bonchev–Trinajstić information content (AvgIpc) is 2.73. The van der Waals surface area contributed by atoms with E-state index in [1.54, 1.807) is 35.4 Å². The first kappa shape index (κ1) is 20.0. The van der Waals surface area contributed by atoms with Crippen LogP contribution in [-0.4, -0.2) is 51.0 Å². The number of anilines is 1. The number of aryl methyl sites for hydroxylation is 2. The minimum absolute atomic E-state index is 0.0600. The van der Waals surface area contributed by atoms with Crippen LogP contribution >= 0.6 is 0 Å². The Hall–Kier alpha value is -3.29. The Kier molecular flexibility index (Phi) is 5.24. The largest absolute Gasteiger partial charge is 0.350 e. The summed E-state index contributed by atoms with van der Waals surface area (Å²) in [7, 11) is 0. The molecule has 0 aliphatic carbocycles. The van der Waals surface area contributed by atoms with E-state index in [0.717, 1.165) is 5.69 Å². The van der Waals surface area contributed by atoms with E-state index in [1.165, 1.54) is 6.07 Å². The van der Waals surface area contributed by atoms with Crippen LogP contribution in [0.4, 0.5) is 10.2 Å². The summed E-state index contributed by atoms with van der Waals surface area (Å²) in [5.41, 5.74) is 1.27. The summed E-state index contributed by atoms with van der Waals surface area (Å²) >= 11 is 0. The number of aromatic nitrogens is 3. The summed E-state index contributed by atoms with van der Waals surface area (Å²) < 4.78 is 15.3. The normalized spacial score (nSPS) is 16.9. The molecule has 8 heteroatoms. The summed E-state index contributed by atoms with van der Waals surface area (Å²) in [5.74, 6) is -0.267. The number of carbonyl (C=O) groups excluding carboxylic acids is 1. The molecule has 0 aromatic carbocycles. The number of carbonyl (C=O) groups is 1. The molecule has 0 radical (unpaired) electrons. The zero-order valence-corrected chi connectivity index (χ0v) is 17.3. The second-order valence-corrected chi connectivity index (χ2v) is 7.59. The topological polar surface area (TPSA) is 71.3 Å². The molecule has 3 aromatic heterocycles. The number of pyridine rings is 3. The Balaban J connectivity index is 1.63. The van der Waals surface area contributed by atoms with Crippen LogP contribution in [0.5, 0.6) is 0 Å². The van der Waals surface area contributed by atoms with Crippen molar-refractivity contribution in [1.82, 2.24) is 19.4 Å². The molecule has 1 aliphatic heterocycles. The number of halogens is 1. The standard InChI is InChI=1S/C22H24FN5O2/c1-4-26-13-17(20(29)16-9-8-14(2)24-21(16)26)22(30)27-10-11-28(15(3)12-27)19-7-5-6-18(23)25-19/h5-9,13,15H,4,10-12H2,1-3H3. The molecule has 0 saturated carbocycles. The Labute approximate surface area is 173 Å². The van der Waals surface area contributed by atoms with Gasteiger partial charge in [-0.15, -0.1) is 0 Å². The number of nitrogens with zero attached hydrogens (tertiary/aromatic N) is 5. The van der Waals surface area contributed by atoms with Crippen molar-refractivity contribution in [3.63, 3.8) is 0 Å². The molecule has 156 valence electrons. The lowest BCUT2D eigenvalue weighted by Gasteiger charge is -2.40. The van der Waals surface area contributed by atoms with Gasteiger partial charge in [-0.1, -0.05) is 6.07 Å². The first-order valence-corrected chi connectivity index (χ1v) is 10.1. The van der Waals surface area contributed by atoms with Gasteiger partial charge in [-0.2, -0.15) is 4.39 Å². The molecule has 7 nitrogen and oxygen atoms in total. The van der Waals surface area contributed by atoms with Crippen LogP contribution in [0.15, 0.2) is 41.3 Å². The van der Waals surface area contributed by atoms with Gasteiger partial charge in [0, 0.05) is 44.1 Å². The fraction of sp³-hybridized carbons (Fsp3) is 0.364. The third-order valence-electron chi connectivity index (χ3n) is 5.54. The second kappa shape index (κ2) is 7.85. The maximum absolute atomic E-state index is 13.5. The van der Waals surface area contributed by atoms with E-state index >= 15 is 0 Å². The van der Waals surface area contributed by atoms with Gasteiger partial charge >= 0.3 is 0 Å². The van der Waals surface area contributed by atoms with Crippen LogP contribution in [0.25, 0.3) is 11.0 Å². The molecule has 1 atom stereocenters. The van der Waals surface area contributed by atoms with Crippen LogP contribution in [0, 0.1) is 12.9 Å². The van der Waals surface area contributed by atoms with Crippen LogP contribution in [0.2, 0.25) is 0 Å². The van der Waals surface area contributed by atoms with Crippen LogP contribution in [0.1, 0.15) is 29.9 Å². The summed E-state index contributed by atoms with van der Waals surface area (Å²) in [6, 6.07) is 8.15.